The number of rotatable bonds is 10. The average molecular weight is 808 g/mol. The minimum atomic E-state index is -1.52. The Labute approximate surface area is 324 Å². The second kappa shape index (κ2) is 19.7. The molecule has 4 aromatic carbocycles. The van der Waals surface area contributed by atoms with E-state index in [1.165, 1.54) is 24.3 Å². The van der Waals surface area contributed by atoms with E-state index >= 15 is 0 Å². The van der Waals surface area contributed by atoms with Crippen LogP contribution in [-0.4, -0.2) is 133 Å². The van der Waals surface area contributed by atoms with E-state index < -0.39 is 74.6 Å². The molecule has 55 heavy (non-hydrogen) atoms. The Bertz CT molecular complexity index is 1690. The molecule has 296 valence electrons. The van der Waals surface area contributed by atoms with Gasteiger partial charge in [0.25, 0.3) is 0 Å². The predicted octanol–water partition coefficient (Wildman–Crippen LogP) is 0.675. The van der Waals surface area contributed by atoms with Gasteiger partial charge in [0.05, 0.1) is 13.2 Å². The molecule has 17 heteroatoms. The summed E-state index contributed by atoms with van der Waals surface area (Å²) in [5, 5.41) is 78.5. The number of carbonyl (C=O) groups excluding carboxylic acids is 2. The molecule has 2 aliphatic heterocycles. The normalized spacial score (nSPS) is 27.5. The maximum Gasteiger partial charge on any atom is 0.229 e. The van der Waals surface area contributed by atoms with Crippen molar-refractivity contribution in [3.8, 4) is 11.5 Å². The molecule has 0 spiro atoms. The van der Waals surface area contributed by atoms with Crippen LogP contribution in [0.25, 0.3) is 0 Å². The van der Waals surface area contributed by atoms with Gasteiger partial charge in [-0.3, -0.25) is 9.59 Å². The van der Waals surface area contributed by atoms with Gasteiger partial charge in [0.2, 0.25) is 12.6 Å². The van der Waals surface area contributed by atoms with Crippen LogP contribution in [0.3, 0.4) is 0 Å². The molecule has 10 N–H and O–H groups in total. The van der Waals surface area contributed by atoms with Crippen LogP contribution in [0.4, 0.5) is 0 Å². The predicted molar refractivity (Wildman–Crippen MR) is 195 cm³/mol. The van der Waals surface area contributed by atoms with Crippen LogP contribution in [0.2, 0.25) is 10.0 Å². The molecule has 2 aliphatic rings. The van der Waals surface area contributed by atoms with Crippen molar-refractivity contribution in [2.45, 2.75) is 61.4 Å². The lowest BCUT2D eigenvalue weighted by Gasteiger charge is -2.39. The van der Waals surface area contributed by atoms with Crippen molar-refractivity contribution in [3.05, 3.63) is 129 Å². The molecule has 4 aromatic rings. The first-order valence-corrected chi connectivity index (χ1v) is 17.3. The number of ether oxygens (including phenoxy) is 4. The number of ketones is 2. The summed E-state index contributed by atoms with van der Waals surface area (Å²) in [5.74, 6) is 0.191. The Balaban J connectivity index is 0.000000240. The zero-order chi connectivity index (χ0) is 39.1. The van der Waals surface area contributed by atoms with Crippen LogP contribution in [0.5, 0.6) is 11.5 Å². The molecular weight excluding hydrogens is 767 g/mol. The van der Waals surface area contributed by atoms with Crippen LogP contribution < -0.4 is 9.47 Å². The molecule has 0 radical (unpaired) electrons. The molecule has 2 saturated heterocycles. The van der Waals surface area contributed by atoms with Gasteiger partial charge in [-0.25, -0.2) is 0 Å². The first-order chi connectivity index (χ1) is 25.8. The summed E-state index contributed by atoms with van der Waals surface area (Å²) in [7, 11) is 0. The molecule has 0 aromatic heterocycles. The van der Waals surface area contributed by atoms with Gasteiger partial charge < -0.3 is 65.3 Å². The van der Waals surface area contributed by atoms with E-state index in [0.29, 0.717) is 32.3 Å². The summed E-state index contributed by atoms with van der Waals surface area (Å²) in [6, 6.07) is 25.3. The van der Waals surface area contributed by atoms with Crippen molar-refractivity contribution in [1.29, 1.82) is 0 Å². The minimum absolute atomic E-state index is 0. The number of hydrogen-bond donors (Lipinski definition) is 8. The second-order valence-corrected chi connectivity index (χ2v) is 13.2. The molecular formula is C38H40Cl2O15. The number of carbonyl (C=O) groups is 2. The summed E-state index contributed by atoms with van der Waals surface area (Å²) < 4.78 is 21.5. The average Bonchev–Trinajstić information content (AvgIpc) is 3.19. The molecule has 0 amide bonds. The molecule has 2 fully saturated rings. The van der Waals surface area contributed by atoms with Gasteiger partial charge >= 0.3 is 0 Å². The Morgan fingerprint density at radius 1 is 0.473 bits per heavy atom. The zero-order valence-electron chi connectivity index (χ0n) is 28.7. The maximum absolute atomic E-state index is 12.4. The quantitative estimate of drug-likeness (QED) is 0.103. The highest BCUT2D eigenvalue weighted by Crippen LogP contribution is 2.27. The Hall–Kier alpha value is -4.04. The van der Waals surface area contributed by atoms with E-state index in [-0.39, 0.29) is 28.5 Å². The van der Waals surface area contributed by atoms with Crippen LogP contribution in [-0.2, 0) is 9.47 Å². The first-order valence-electron chi connectivity index (χ1n) is 16.6. The van der Waals surface area contributed by atoms with Crippen molar-refractivity contribution in [3.63, 3.8) is 0 Å². The summed E-state index contributed by atoms with van der Waals surface area (Å²) in [5.41, 5.74) is 1.83. The summed E-state index contributed by atoms with van der Waals surface area (Å²) in [6.07, 6.45) is -13.6. The highest BCUT2D eigenvalue weighted by atomic mass is 35.5. The smallest absolute Gasteiger partial charge is 0.229 e. The highest BCUT2D eigenvalue weighted by molar-refractivity contribution is 6.31. The highest BCUT2D eigenvalue weighted by Gasteiger charge is 2.45. The van der Waals surface area contributed by atoms with Crippen LogP contribution in [0, 0.1) is 0 Å². The number of hydrogen-bond acceptors (Lipinski definition) is 14. The molecule has 2 heterocycles. The second-order valence-electron chi connectivity index (χ2n) is 12.4. The van der Waals surface area contributed by atoms with E-state index in [9.17, 15) is 50.4 Å². The largest absolute Gasteiger partial charge is 0.462 e. The van der Waals surface area contributed by atoms with Crippen molar-refractivity contribution < 1.29 is 74.9 Å². The van der Waals surface area contributed by atoms with Crippen LogP contribution in [0.15, 0.2) is 97.1 Å². The third kappa shape index (κ3) is 10.6. The zero-order valence-corrected chi connectivity index (χ0v) is 30.2. The SMILES string of the molecule is O.O=C(c1ccc(Cl)cc1)c1ccc(O[C@@H]2O[C@H](CO)[C@@H](O)[C@H](O)[C@H]2O)cc1.O=C(c1ccc(Cl)cc1)c1ccc(O[C@@H]2O[C@H](CO)[C@@H](O)[C@H](O)[C@H]2O)cc1. The van der Waals surface area contributed by atoms with Crippen molar-refractivity contribution >= 4 is 34.8 Å². The molecule has 15 nitrogen and oxygen atoms in total. The third-order valence-electron chi connectivity index (χ3n) is 8.65. The van der Waals surface area contributed by atoms with Gasteiger partial charge in [-0.15, -0.1) is 0 Å². The van der Waals surface area contributed by atoms with Gasteiger partial charge in [0.1, 0.15) is 60.3 Å². The number of aliphatic hydroxyl groups is 8. The van der Waals surface area contributed by atoms with Crippen molar-refractivity contribution in [2.24, 2.45) is 0 Å². The molecule has 0 bridgehead atoms. The van der Waals surface area contributed by atoms with Gasteiger partial charge in [0, 0.05) is 32.3 Å². The lowest BCUT2D eigenvalue weighted by Crippen LogP contribution is -2.60. The number of halogens is 2. The van der Waals surface area contributed by atoms with E-state index in [0.717, 1.165) is 0 Å². The topological polar surface area (TPSA) is 264 Å². The van der Waals surface area contributed by atoms with Gasteiger partial charge in [-0.1, -0.05) is 23.2 Å². The molecule has 0 saturated carbocycles. The fourth-order valence-corrected chi connectivity index (χ4v) is 5.76. The van der Waals surface area contributed by atoms with E-state index in [1.54, 1.807) is 72.8 Å². The fourth-order valence-electron chi connectivity index (χ4n) is 5.50. The summed E-state index contributed by atoms with van der Waals surface area (Å²) >= 11 is 11.6. The molecule has 6 rings (SSSR count). The summed E-state index contributed by atoms with van der Waals surface area (Å²) in [4.78, 5) is 24.9. The van der Waals surface area contributed by atoms with E-state index in [1.807, 2.05) is 0 Å². The monoisotopic (exact) mass is 806 g/mol. The third-order valence-corrected chi connectivity index (χ3v) is 9.15. The first kappa shape index (κ1) is 43.7. The Morgan fingerprint density at radius 2 is 0.745 bits per heavy atom. The lowest BCUT2D eigenvalue weighted by molar-refractivity contribution is -0.277. The standard InChI is InChI=1S/2C19H19ClO7.H2O/c2*20-12-5-1-10(2-6-12)15(22)11-3-7-13(8-4-11)26-19-18(25)17(24)16(23)14(9-21)27-19;/h2*1-8,14,16-19,21,23-25H,9H2;1H2/t2*14-,16-,17+,18-,19-;/m11./s1. The van der Waals surface area contributed by atoms with E-state index in [2.05, 4.69) is 0 Å². The fraction of sp³-hybridized carbons (Fsp3) is 0.316. The molecule has 0 aliphatic carbocycles. The van der Waals surface area contributed by atoms with Gasteiger partial charge in [0.15, 0.2) is 11.6 Å². The van der Waals surface area contributed by atoms with E-state index in [4.69, 9.17) is 42.1 Å². The van der Waals surface area contributed by atoms with Gasteiger partial charge in [-0.05, 0) is 97.1 Å². The summed E-state index contributed by atoms with van der Waals surface area (Å²) in [6.45, 7) is -1.08. The van der Waals surface area contributed by atoms with Crippen molar-refractivity contribution in [2.75, 3.05) is 13.2 Å². The lowest BCUT2D eigenvalue weighted by atomic mass is 9.99. The number of aliphatic hydroxyl groups excluding tert-OH is 8. The molecule has 0 unspecified atom stereocenters. The minimum Gasteiger partial charge on any atom is -0.462 e. The van der Waals surface area contributed by atoms with Crippen LogP contribution in [0.1, 0.15) is 31.8 Å². The molecule has 10 atom stereocenters. The van der Waals surface area contributed by atoms with Gasteiger partial charge in [-0.2, -0.15) is 0 Å². The van der Waals surface area contributed by atoms with Crippen LogP contribution >= 0.6 is 23.2 Å². The van der Waals surface area contributed by atoms with Crippen molar-refractivity contribution in [1.82, 2.24) is 0 Å². The Morgan fingerprint density at radius 3 is 1.02 bits per heavy atom. The number of benzene rings is 4. The maximum atomic E-state index is 12.4. The Kier molecular flexibility index (Phi) is 15.7.